The molecule has 3 N–H and O–H groups in total. The second-order valence-corrected chi connectivity index (χ2v) is 8.54. The molecule has 1 saturated heterocycles. The minimum atomic E-state index is -1.21. The van der Waals surface area contributed by atoms with Crippen LogP contribution in [0.25, 0.3) is 6.08 Å². The van der Waals surface area contributed by atoms with E-state index in [9.17, 15) is 20.1 Å². The van der Waals surface area contributed by atoms with Crippen LogP contribution in [-0.4, -0.2) is 79.6 Å². The summed E-state index contributed by atoms with van der Waals surface area (Å²) < 4.78 is 33.0. The monoisotopic (exact) mass is 496 g/mol. The van der Waals surface area contributed by atoms with Gasteiger partial charge in [-0.1, -0.05) is 24.3 Å². The fraction of sp³-hybridized carbons (Fsp3) is 0.560. The van der Waals surface area contributed by atoms with E-state index in [0.29, 0.717) is 24.2 Å². The largest absolute Gasteiger partial charge is 0.493 e. The molecule has 1 aliphatic heterocycles. The van der Waals surface area contributed by atoms with E-state index in [1.165, 1.54) is 21.3 Å². The Hall–Kier alpha value is -2.63. The maximum absolute atomic E-state index is 12.1. The van der Waals surface area contributed by atoms with E-state index < -0.39 is 36.2 Å². The predicted molar refractivity (Wildman–Crippen MR) is 128 cm³/mol. The van der Waals surface area contributed by atoms with Crippen LogP contribution in [0.15, 0.2) is 24.3 Å². The summed E-state index contributed by atoms with van der Waals surface area (Å²) in [5.74, 6) is -1.70. The van der Waals surface area contributed by atoms with Crippen LogP contribution in [0.3, 0.4) is 0 Å². The van der Waals surface area contributed by atoms with Gasteiger partial charge in [-0.15, -0.1) is 0 Å². The first-order valence-corrected chi connectivity index (χ1v) is 11.2. The lowest BCUT2D eigenvalue weighted by Crippen LogP contribution is -2.34. The van der Waals surface area contributed by atoms with Crippen molar-refractivity contribution in [2.45, 2.75) is 63.8 Å². The molecule has 35 heavy (non-hydrogen) atoms. The smallest absolute Gasteiger partial charge is 0.340 e. The van der Waals surface area contributed by atoms with E-state index in [1.54, 1.807) is 51.1 Å². The lowest BCUT2D eigenvalue weighted by atomic mass is 10.0. The first-order valence-electron chi connectivity index (χ1n) is 11.2. The zero-order valence-electron chi connectivity index (χ0n) is 21.0. The molecule has 1 aliphatic rings. The van der Waals surface area contributed by atoms with Gasteiger partial charge in [0.25, 0.3) is 0 Å². The molecule has 1 fully saturated rings. The molecule has 0 aromatic heterocycles. The molecule has 1 unspecified atom stereocenters. The van der Waals surface area contributed by atoms with Crippen molar-refractivity contribution in [3.05, 3.63) is 35.4 Å². The van der Waals surface area contributed by atoms with Crippen molar-refractivity contribution < 1.29 is 48.5 Å². The topological polar surface area (TPSA) is 133 Å². The Balaban J connectivity index is 2.33. The average Bonchev–Trinajstić information content (AvgIpc) is 3.10. The summed E-state index contributed by atoms with van der Waals surface area (Å²) in [4.78, 5) is 12.1. The highest BCUT2D eigenvalue weighted by Crippen LogP contribution is 2.43. The Bertz CT molecular complexity index is 906. The van der Waals surface area contributed by atoms with Gasteiger partial charge in [0.15, 0.2) is 24.1 Å². The lowest BCUT2D eigenvalue weighted by Gasteiger charge is -2.20. The van der Waals surface area contributed by atoms with Crippen LogP contribution in [0.4, 0.5) is 0 Å². The Labute approximate surface area is 205 Å². The summed E-state index contributed by atoms with van der Waals surface area (Å²) >= 11 is 0. The van der Waals surface area contributed by atoms with Crippen LogP contribution in [0, 0.1) is 0 Å². The Kier molecular flexibility index (Phi) is 10.5. The zero-order chi connectivity index (χ0) is 26.2. The summed E-state index contributed by atoms with van der Waals surface area (Å²) in [7, 11) is 4.25. The molecule has 196 valence electrons. The Morgan fingerprint density at radius 1 is 1.14 bits per heavy atom. The van der Waals surface area contributed by atoms with Crippen LogP contribution in [0.2, 0.25) is 0 Å². The maximum atomic E-state index is 12.1. The molecule has 10 heteroatoms. The van der Waals surface area contributed by atoms with Gasteiger partial charge in [0.1, 0.15) is 17.8 Å². The van der Waals surface area contributed by atoms with Gasteiger partial charge in [-0.3, -0.25) is 0 Å². The Morgan fingerprint density at radius 2 is 1.86 bits per heavy atom. The minimum Gasteiger partial charge on any atom is -0.493 e. The molecular formula is C25H36O10. The van der Waals surface area contributed by atoms with Gasteiger partial charge in [-0.05, 0) is 45.2 Å². The summed E-state index contributed by atoms with van der Waals surface area (Å²) in [6.45, 7) is 4.99. The summed E-state index contributed by atoms with van der Waals surface area (Å²) in [6, 6.07) is 1.54. The van der Waals surface area contributed by atoms with Crippen molar-refractivity contribution in [3.8, 4) is 17.2 Å². The van der Waals surface area contributed by atoms with Crippen molar-refractivity contribution >= 4 is 12.0 Å². The lowest BCUT2D eigenvalue weighted by molar-refractivity contribution is -0.152. The molecule has 0 saturated carbocycles. The van der Waals surface area contributed by atoms with E-state index in [-0.39, 0.29) is 23.9 Å². The highest BCUT2D eigenvalue weighted by molar-refractivity contribution is 5.97. The quantitative estimate of drug-likeness (QED) is 0.276. The van der Waals surface area contributed by atoms with Gasteiger partial charge in [0, 0.05) is 7.11 Å². The summed E-state index contributed by atoms with van der Waals surface area (Å²) in [6.07, 6.45) is 4.76. The molecular weight excluding hydrogens is 460 g/mol. The van der Waals surface area contributed by atoms with Crippen molar-refractivity contribution in [2.24, 2.45) is 0 Å². The van der Waals surface area contributed by atoms with Gasteiger partial charge in [-0.2, -0.15) is 0 Å². The number of rotatable bonds is 13. The molecule has 0 amide bonds. The van der Waals surface area contributed by atoms with Crippen molar-refractivity contribution in [1.82, 2.24) is 0 Å². The molecule has 4 atom stereocenters. The Morgan fingerprint density at radius 3 is 2.43 bits per heavy atom. The van der Waals surface area contributed by atoms with Gasteiger partial charge in [0.05, 0.1) is 26.4 Å². The number of ether oxygens (including phenoxy) is 6. The second-order valence-electron chi connectivity index (χ2n) is 8.54. The minimum absolute atomic E-state index is 0.0148. The van der Waals surface area contributed by atoms with Gasteiger partial charge in [-0.25, -0.2) is 4.79 Å². The van der Waals surface area contributed by atoms with E-state index in [4.69, 9.17) is 28.4 Å². The molecule has 0 bridgehead atoms. The maximum Gasteiger partial charge on any atom is 0.340 e. The molecule has 0 radical (unpaired) electrons. The fourth-order valence-electron chi connectivity index (χ4n) is 3.78. The number of benzene rings is 1. The number of methoxy groups -OCH3 is 3. The van der Waals surface area contributed by atoms with Gasteiger partial charge >= 0.3 is 5.97 Å². The second kappa shape index (κ2) is 12.9. The van der Waals surface area contributed by atoms with Crippen LogP contribution in [0.5, 0.6) is 17.2 Å². The van der Waals surface area contributed by atoms with E-state index in [0.717, 1.165) is 0 Å². The first-order chi connectivity index (χ1) is 16.5. The fourth-order valence-corrected chi connectivity index (χ4v) is 3.78. The molecule has 0 spiro atoms. The van der Waals surface area contributed by atoms with Crippen molar-refractivity contribution in [1.29, 1.82) is 0 Å². The average molecular weight is 497 g/mol. The van der Waals surface area contributed by atoms with Crippen molar-refractivity contribution in [3.63, 3.8) is 0 Å². The molecule has 10 nitrogen and oxygen atoms in total. The van der Waals surface area contributed by atoms with E-state index >= 15 is 0 Å². The normalized spacial score (nSPS) is 21.4. The SMILES string of the molecule is COCOc1c(OC)c(OC)cc(/C=C/C[C@H]2OC(C)(C)O[C@@H]2C(O)/C=C\C[C@H](C)O)c1C(=O)O. The van der Waals surface area contributed by atoms with Crippen LogP contribution in [-0.2, 0) is 14.2 Å². The number of hydrogen-bond acceptors (Lipinski definition) is 9. The third-order valence-electron chi connectivity index (χ3n) is 5.23. The molecule has 1 aromatic rings. The number of carboxylic acids is 1. The summed E-state index contributed by atoms with van der Waals surface area (Å²) in [5, 5.41) is 29.9. The van der Waals surface area contributed by atoms with Crippen molar-refractivity contribution in [2.75, 3.05) is 28.1 Å². The summed E-state index contributed by atoms with van der Waals surface area (Å²) in [5.41, 5.74) is 0.214. The van der Waals surface area contributed by atoms with Gasteiger partial charge in [0.2, 0.25) is 5.75 Å². The molecule has 0 aliphatic carbocycles. The van der Waals surface area contributed by atoms with Crippen LogP contribution >= 0.6 is 0 Å². The highest BCUT2D eigenvalue weighted by Gasteiger charge is 2.43. The third kappa shape index (κ3) is 7.68. The zero-order valence-corrected chi connectivity index (χ0v) is 21.0. The standard InChI is InChI=1S/C25H36O10/c1-15(26)9-7-11-17(27)21-18(34-25(2,3)35-21)12-8-10-16-13-19(31-5)22(32-6)23(33-14-30-4)20(16)24(28)29/h7-8,10-11,13,15,17-18,21,26-27H,9,12,14H2,1-6H3,(H,28,29)/b10-8+,11-7-/t15-,17?,18+,21+/m0/s1. The number of aliphatic hydroxyl groups is 2. The van der Waals surface area contributed by atoms with Crippen LogP contribution in [0.1, 0.15) is 49.5 Å². The van der Waals surface area contributed by atoms with Gasteiger partial charge < -0.3 is 43.7 Å². The highest BCUT2D eigenvalue weighted by atomic mass is 16.8. The predicted octanol–water partition coefficient (Wildman–Crippen LogP) is 3.00. The van der Waals surface area contributed by atoms with Crippen LogP contribution < -0.4 is 14.2 Å². The number of carbonyl (C=O) groups is 1. The third-order valence-corrected chi connectivity index (χ3v) is 5.23. The molecule has 2 rings (SSSR count). The number of aliphatic hydroxyl groups excluding tert-OH is 2. The molecule has 1 aromatic carbocycles. The molecule has 1 heterocycles. The first kappa shape index (κ1) is 28.6. The number of carboxylic acid groups (broad SMARTS) is 1. The number of hydrogen-bond donors (Lipinski definition) is 3. The number of aromatic carboxylic acids is 1. The van der Waals surface area contributed by atoms with E-state index in [1.807, 2.05) is 0 Å². The van der Waals surface area contributed by atoms with E-state index in [2.05, 4.69) is 0 Å².